The molecule has 1 aliphatic heterocycles. The van der Waals surface area contributed by atoms with Gasteiger partial charge in [-0.3, -0.25) is 14.3 Å². The third-order valence-electron chi connectivity index (χ3n) is 4.42. The lowest BCUT2D eigenvalue weighted by molar-refractivity contribution is -0.127. The Morgan fingerprint density at radius 2 is 2.20 bits per heavy atom. The zero-order chi connectivity index (χ0) is 17.8. The first-order valence-corrected chi connectivity index (χ1v) is 8.42. The molecular weight excluding hydrogens is 323 g/mol. The number of nitrogens with zero attached hydrogens (tertiary/aromatic N) is 2. The molecule has 1 fully saturated rings. The molecule has 0 bridgehead atoms. The maximum atomic E-state index is 13.7. The fourth-order valence-electron chi connectivity index (χ4n) is 3.18. The minimum absolute atomic E-state index is 0.0309. The normalized spacial score (nSPS) is 20.2. The van der Waals surface area contributed by atoms with Crippen molar-refractivity contribution in [3.63, 3.8) is 0 Å². The summed E-state index contributed by atoms with van der Waals surface area (Å²) in [7, 11) is 0. The Hall–Kier alpha value is -2.70. The largest absolute Gasteiger partial charge is 0.351 e. The van der Waals surface area contributed by atoms with Crippen LogP contribution in [-0.4, -0.2) is 27.6 Å². The molecule has 2 aromatic rings. The standard InChI is InChI=1S/C18H21FN4O2/c1-2-23-15(9-10-20-23)18-14(7-8-16(24)22-18)21-17(25)11-12-5-3-4-6-13(12)19/h3-6,9-10,14,18H,2,7-8,11H2,1H3,(H,21,25)(H,22,24). The van der Waals surface area contributed by atoms with Crippen LogP contribution in [0.1, 0.15) is 37.1 Å². The number of carbonyl (C=O) groups excluding carboxylic acids is 2. The smallest absolute Gasteiger partial charge is 0.224 e. The molecule has 1 aromatic carbocycles. The van der Waals surface area contributed by atoms with Crippen molar-refractivity contribution in [2.75, 3.05) is 0 Å². The number of benzene rings is 1. The SMILES string of the molecule is CCn1nccc1C1NC(=O)CCC1NC(=O)Cc1ccccc1F. The van der Waals surface area contributed by atoms with E-state index >= 15 is 0 Å². The van der Waals surface area contributed by atoms with Crippen molar-refractivity contribution in [3.05, 3.63) is 53.6 Å². The molecule has 2 N–H and O–H groups in total. The number of nitrogens with one attached hydrogen (secondary N) is 2. The molecule has 0 radical (unpaired) electrons. The van der Waals surface area contributed by atoms with Gasteiger partial charge in [-0.25, -0.2) is 4.39 Å². The van der Waals surface area contributed by atoms with Crippen molar-refractivity contribution in [1.29, 1.82) is 0 Å². The van der Waals surface area contributed by atoms with Crippen LogP contribution in [0.5, 0.6) is 0 Å². The van der Waals surface area contributed by atoms with Crippen molar-refractivity contribution in [2.24, 2.45) is 0 Å². The van der Waals surface area contributed by atoms with E-state index in [1.165, 1.54) is 6.07 Å². The summed E-state index contributed by atoms with van der Waals surface area (Å²) in [5.41, 5.74) is 1.21. The van der Waals surface area contributed by atoms with Crippen LogP contribution in [0.3, 0.4) is 0 Å². The van der Waals surface area contributed by atoms with Crippen molar-refractivity contribution >= 4 is 11.8 Å². The van der Waals surface area contributed by atoms with Gasteiger partial charge in [0, 0.05) is 19.2 Å². The molecule has 2 unspecified atom stereocenters. The molecule has 25 heavy (non-hydrogen) atoms. The van der Waals surface area contributed by atoms with Crippen LogP contribution in [0.15, 0.2) is 36.5 Å². The Kier molecular flexibility index (Phi) is 5.11. The summed E-state index contributed by atoms with van der Waals surface area (Å²) in [6, 6.07) is 7.49. The van der Waals surface area contributed by atoms with Crippen molar-refractivity contribution in [3.8, 4) is 0 Å². The highest BCUT2D eigenvalue weighted by molar-refractivity contribution is 5.81. The number of aryl methyl sites for hydroxylation is 1. The molecule has 1 saturated heterocycles. The van der Waals surface area contributed by atoms with Crippen molar-refractivity contribution in [1.82, 2.24) is 20.4 Å². The lowest BCUT2D eigenvalue weighted by Crippen LogP contribution is -2.51. The van der Waals surface area contributed by atoms with Crippen LogP contribution in [0, 0.1) is 5.82 Å². The summed E-state index contributed by atoms with van der Waals surface area (Å²) < 4.78 is 15.5. The van der Waals surface area contributed by atoms with E-state index in [0.29, 0.717) is 24.9 Å². The molecule has 2 amide bonds. The number of hydrogen-bond donors (Lipinski definition) is 2. The number of aromatic nitrogens is 2. The summed E-state index contributed by atoms with van der Waals surface area (Å²) in [5.74, 6) is -0.706. The van der Waals surface area contributed by atoms with Gasteiger partial charge < -0.3 is 10.6 Å². The second-order valence-corrected chi connectivity index (χ2v) is 6.10. The molecule has 132 valence electrons. The molecule has 0 saturated carbocycles. The van der Waals surface area contributed by atoms with Crippen LogP contribution in [0.2, 0.25) is 0 Å². The average Bonchev–Trinajstić information content (AvgIpc) is 3.07. The fourth-order valence-corrected chi connectivity index (χ4v) is 3.18. The number of piperidine rings is 1. The minimum Gasteiger partial charge on any atom is -0.351 e. The van der Waals surface area contributed by atoms with Crippen LogP contribution in [-0.2, 0) is 22.6 Å². The molecule has 2 heterocycles. The van der Waals surface area contributed by atoms with Crippen molar-refractivity contribution < 1.29 is 14.0 Å². The average molecular weight is 344 g/mol. The maximum absolute atomic E-state index is 13.7. The number of hydrogen-bond acceptors (Lipinski definition) is 3. The van der Waals surface area contributed by atoms with E-state index in [9.17, 15) is 14.0 Å². The van der Waals surface area contributed by atoms with Gasteiger partial charge in [0.1, 0.15) is 5.82 Å². The van der Waals surface area contributed by atoms with E-state index in [4.69, 9.17) is 0 Å². The Balaban J connectivity index is 1.74. The molecule has 2 atom stereocenters. The molecule has 0 aliphatic carbocycles. The van der Waals surface area contributed by atoms with Gasteiger partial charge >= 0.3 is 0 Å². The molecule has 1 aliphatic rings. The van der Waals surface area contributed by atoms with Gasteiger partial charge in [-0.15, -0.1) is 0 Å². The van der Waals surface area contributed by atoms with Crippen LogP contribution >= 0.6 is 0 Å². The number of amides is 2. The first-order valence-electron chi connectivity index (χ1n) is 8.42. The zero-order valence-electron chi connectivity index (χ0n) is 14.0. The highest BCUT2D eigenvalue weighted by Crippen LogP contribution is 2.24. The van der Waals surface area contributed by atoms with E-state index in [1.54, 1.807) is 29.1 Å². The highest BCUT2D eigenvalue weighted by atomic mass is 19.1. The second-order valence-electron chi connectivity index (χ2n) is 6.10. The quantitative estimate of drug-likeness (QED) is 0.867. The van der Waals surface area contributed by atoms with Gasteiger partial charge in [0.25, 0.3) is 0 Å². The monoisotopic (exact) mass is 344 g/mol. The molecular formula is C18H21FN4O2. The molecule has 0 spiro atoms. The number of halogens is 1. The third-order valence-corrected chi connectivity index (χ3v) is 4.42. The third kappa shape index (κ3) is 3.87. The van der Waals surface area contributed by atoms with Gasteiger partial charge in [-0.2, -0.15) is 5.10 Å². The van der Waals surface area contributed by atoms with Crippen LogP contribution in [0.4, 0.5) is 4.39 Å². The molecule has 7 heteroatoms. The topological polar surface area (TPSA) is 76.0 Å². The first-order chi connectivity index (χ1) is 12.1. The van der Waals surface area contributed by atoms with E-state index in [1.807, 2.05) is 13.0 Å². The van der Waals surface area contributed by atoms with Crippen LogP contribution < -0.4 is 10.6 Å². The maximum Gasteiger partial charge on any atom is 0.224 e. The van der Waals surface area contributed by atoms with Gasteiger partial charge in [-0.1, -0.05) is 18.2 Å². The summed E-state index contributed by atoms with van der Waals surface area (Å²) in [5, 5.41) is 10.1. The summed E-state index contributed by atoms with van der Waals surface area (Å²) in [4.78, 5) is 24.2. The van der Waals surface area contributed by atoms with E-state index in [2.05, 4.69) is 15.7 Å². The van der Waals surface area contributed by atoms with Gasteiger partial charge in [-0.05, 0) is 31.0 Å². The van der Waals surface area contributed by atoms with E-state index in [0.717, 1.165) is 5.69 Å². The predicted octanol–water partition coefficient (Wildman–Crippen LogP) is 1.72. The Morgan fingerprint density at radius 1 is 1.40 bits per heavy atom. The van der Waals surface area contributed by atoms with Gasteiger partial charge in [0.2, 0.25) is 11.8 Å². The van der Waals surface area contributed by atoms with E-state index in [-0.39, 0.29) is 30.3 Å². The fraction of sp³-hybridized carbons (Fsp3) is 0.389. The van der Waals surface area contributed by atoms with Crippen LogP contribution in [0.25, 0.3) is 0 Å². The lowest BCUT2D eigenvalue weighted by Gasteiger charge is -2.33. The predicted molar refractivity (Wildman–Crippen MR) is 90.1 cm³/mol. The van der Waals surface area contributed by atoms with Crippen molar-refractivity contribution in [2.45, 2.75) is 44.8 Å². The van der Waals surface area contributed by atoms with Gasteiger partial charge in [0.15, 0.2) is 0 Å². The van der Waals surface area contributed by atoms with Gasteiger partial charge in [0.05, 0.1) is 24.2 Å². The minimum atomic E-state index is -0.393. The number of rotatable bonds is 5. The second kappa shape index (κ2) is 7.46. The Bertz CT molecular complexity index is 774. The number of carbonyl (C=O) groups is 2. The highest BCUT2D eigenvalue weighted by Gasteiger charge is 2.33. The molecule has 1 aromatic heterocycles. The molecule has 3 rings (SSSR count). The summed E-state index contributed by atoms with van der Waals surface area (Å²) in [6.07, 6.45) is 2.53. The lowest BCUT2D eigenvalue weighted by atomic mass is 9.94. The Labute approximate surface area is 145 Å². The Morgan fingerprint density at radius 3 is 2.96 bits per heavy atom. The van der Waals surface area contributed by atoms with E-state index < -0.39 is 5.82 Å². The first kappa shape index (κ1) is 17.1. The zero-order valence-corrected chi connectivity index (χ0v) is 14.0. The summed E-state index contributed by atoms with van der Waals surface area (Å²) in [6.45, 7) is 2.64. The molecule has 6 nitrogen and oxygen atoms in total. The summed E-state index contributed by atoms with van der Waals surface area (Å²) >= 11 is 0.